The molecule has 0 bridgehead atoms. The fourth-order valence-electron chi connectivity index (χ4n) is 1.70. The van der Waals surface area contributed by atoms with E-state index in [0.717, 1.165) is 0 Å². The van der Waals surface area contributed by atoms with Gasteiger partial charge in [0.25, 0.3) is 5.91 Å². The highest BCUT2D eigenvalue weighted by Crippen LogP contribution is 2.23. The van der Waals surface area contributed by atoms with Crippen molar-refractivity contribution < 1.29 is 9.53 Å². The van der Waals surface area contributed by atoms with Crippen LogP contribution in [-0.4, -0.2) is 25.0 Å². The van der Waals surface area contributed by atoms with Gasteiger partial charge in [-0.15, -0.1) is 0 Å². The van der Waals surface area contributed by atoms with Crippen molar-refractivity contribution in [1.29, 1.82) is 0 Å². The molecule has 0 saturated carbocycles. The number of pyridine rings is 1. The van der Waals surface area contributed by atoms with Crippen LogP contribution in [0.3, 0.4) is 0 Å². The quantitative estimate of drug-likeness (QED) is 0.944. The van der Waals surface area contributed by atoms with E-state index in [1.54, 1.807) is 20.2 Å². The summed E-state index contributed by atoms with van der Waals surface area (Å²) in [7, 11) is 3.24. The highest BCUT2D eigenvalue weighted by atomic mass is 35.5. The minimum atomic E-state index is -0.229. The monoisotopic (exact) mass is 291 g/mol. The average Bonchev–Trinajstić information content (AvgIpc) is 2.48. The maximum Gasteiger partial charge on any atom is 0.259 e. The molecule has 1 aromatic heterocycles. The van der Waals surface area contributed by atoms with Crippen molar-refractivity contribution in [3.63, 3.8) is 0 Å². The van der Waals surface area contributed by atoms with Gasteiger partial charge in [0.05, 0.1) is 17.7 Å². The first-order valence-corrected chi connectivity index (χ1v) is 6.24. The lowest BCUT2D eigenvalue weighted by Crippen LogP contribution is -2.26. The van der Waals surface area contributed by atoms with Crippen molar-refractivity contribution >= 4 is 29.0 Å². The van der Waals surface area contributed by atoms with Gasteiger partial charge in [-0.2, -0.15) is 0 Å². The van der Waals surface area contributed by atoms with Gasteiger partial charge in [0, 0.05) is 25.0 Å². The Balaban J connectivity index is 2.29. The van der Waals surface area contributed by atoms with E-state index in [4.69, 9.17) is 22.1 Å². The molecule has 0 fully saturated rings. The summed E-state index contributed by atoms with van der Waals surface area (Å²) in [5.74, 6) is 0.649. The number of carbonyl (C=O) groups is 1. The van der Waals surface area contributed by atoms with Crippen molar-refractivity contribution in [1.82, 2.24) is 4.98 Å². The van der Waals surface area contributed by atoms with Crippen LogP contribution in [0.15, 0.2) is 36.5 Å². The molecule has 20 heavy (non-hydrogen) atoms. The zero-order valence-electron chi connectivity index (χ0n) is 11.1. The molecule has 5 nitrogen and oxygen atoms in total. The molecule has 1 amide bonds. The molecule has 0 spiro atoms. The van der Waals surface area contributed by atoms with Crippen LogP contribution in [0.5, 0.6) is 5.75 Å². The number of hydrogen-bond donors (Lipinski definition) is 1. The molecule has 6 heteroatoms. The second-order valence-electron chi connectivity index (χ2n) is 4.16. The molecule has 0 aliphatic rings. The van der Waals surface area contributed by atoms with E-state index in [1.165, 1.54) is 17.2 Å². The molecule has 0 aliphatic carbocycles. The third kappa shape index (κ3) is 2.83. The maximum atomic E-state index is 12.4. The number of amides is 1. The van der Waals surface area contributed by atoms with E-state index in [2.05, 4.69) is 4.98 Å². The van der Waals surface area contributed by atoms with Crippen LogP contribution in [0, 0.1) is 0 Å². The summed E-state index contributed by atoms with van der Waals surface area (Å²) in [6.07, 6.45) is 1.40. The van der Waals surface area contributed by atoms with Gasteiger partial charge in [-0.1, -0.05) is 17.7 Å². The van der Waals surface area contributed by atoms with Crippen LogP contribution in [-0.2, 0) is 0 Å². The molecule has 2 rings (SSSR count). The SMILES string of the molecule is COc1cccc(N(C)C(=O)c2cnc(N)c(Cl)c2)c1. The number of ether oxygens (including phenoxy) is 1. The van der Waals surface area contributed by atoms with Gasteiger partial charge in [0.2, 0.25) is 0 Å². The Bertz CT molecular complexity index is 646. The highest BCUT2D eigenvalue weighted by Gasteiger charge is 2.15. The summed E-state index contributed by atoms with van der Waals surface area (Å²) in [6.45, 7) is 0. The van der Waals surface area contributed by atoms with Crippen LogP contribution in [0.4, 0.5) is 11.5 Å². The van der Waals surface area contributed by atoms with Crippen LogP contribution < -0.4 is 15.4 Å². The molecule has 1 heterocycles. The smallest absolute Gasteiger partial charge is 0.259 e. The summed E-state index contributed by atoms with van der Waals surface area (Å²) in [4.78, 5) is 17.7. The number of nitrogens with zero attached hydrogens (tertiary/aromatic N) is 2. The molecule has 0 radical (unpaired) electrons. The largest absolute Gasteiger partial charge is 0.497 e. The number of nitrogens with two attached hydrogens (primary N) is 1. The number of halogens is 1. The third-order valence-electron chi connectivity index (χ3n) is 2.86. The fourth-order valence-corrected chi connectivity index (χ4v) is 1.86. The van der Waals surface area contributed by atoms with E-state index < -0.39 is 0 Å². The first kappa shape index (κ1) is 14.1. The summed E-state index contributed by atoms with van der Waals surface area (Å²) in [5.41, 5.74) is 6.61. The zero-order valence-corrected chi connectivity index (χ0v) is 11.9. The molecule has 104 valence electrons. The average molecular weight is 292 g/mol. The van der Waals surface area contributed by atoms with Crippen molar-refractivity contribution in [2.45, 2.75) is 0 Å². The lowest BCUT2D eigenvalue weighted by atomic mass is 10.2. The minimum Gasteiger partial charge on any atom is -0.497 e. The molecule has 0 saturated heterocycles. The standard InChI is InChI=1S/C14H14ClN3O2/c1-18(10-4-3-5-11(7-10)20-2)14(19)9-6-12(15)13(16)17-8-9/h3-8H,1-2H3,(H2,16,17). The molecule has 2 aromatic rings. The molecular weight excluding hydrogens is 278 g/mol. The Morgan fingerprint density at radius 2 is 2.15 bits per heavy atom. The first-order chi connectivity index (χ1) is 9.52. The van der Waals surface area contributed by atoms with Gasteiger partial charge >= 0.3 is 0 Å². The van der Waals surface area contributed by atoms with Crippen LogP contribution >= 0.6 is 11.6 Å². The number of hydrogen-bond acceptors (Lipinski definition) is 4. The van der Waals surface area contributed by atoms with Gasteiger partial charge in [-0.05, 0) is 18.2 Å². The fraction of sp³-hybridized carbons (Fsp3) is 0.143. The van der Waals surface area contributed by atoms with Crippen LogP contribution in [0.2, 0.25) is 5.02 Å². The lowest BCUT2D eigenvalue weighted by Gasteiger charge is -2.18. The first-order valence-electron chi connectivity index (χ1n) is 5.86. The highest BCUT2D eigenvalue weighted by molar-refractivity contribution is 6.33. The van der Waals surface area contributed by atoms with E-state index in [-0.39, 0.29) is 16.7 Å². The number of benzene rings is 1. The van der Waals surface area contributed by atoms with E-state index in [9.17, 15) is 4.79 Å². The summed E-state index contributed by atoms with van der Waals surface area (Å²) >= 11 is 5.88. The Kier molecular flexibility index (Phi) is 4.10. The molecule has 1 aromatic carbocycles. The normalized spacial score (nSPS) is 10.2. The Morgan fingerprint density at radius 1 is 1.40 bits per heavy atom. The number of aromatic nitrogens is 1. The molecule has 0 aliphatic heterocycles. The minimum absolute atomic E-state index is 0.201. The van der Waals surface area contributed by atoms with Crippen molar-refractivity contribution in [3.8, 4) is 5.75 Å². The predicted octanol–water partition coefficient (Wildman–Crippen LogP) is 2.60. The van der Waals surface area contributed by atoms with Crippen LogP contribution in [0.25, 0.3) is 0 Å². The molecule has 0 unspecified atom stereocenters. The van der Waals surface area contributed by atoms with E-state index in [1.807, 2.05) is 18.2 Å². The zero-order chi connectivity index (χ0) is 14.7. The predicted molar refractivity (Wildman–Crippen MR) is 79.4 cm³/mol. The number of methoxy groups -OCH3 is 1. The van der Waals surface area contributed by atoms with Gasteiger partial charge in [0.1, 0.15) is 11.6 Å². The van der Waals surface area contributed by atoms with Crippen molar-refractivity contribution in [3.05, 3.63) is 47.1 Å². The maximum absolute atomic E-state index is 12.4. The second-order valence-corrected chi connectivity index (χ2v) is 4.56. The molecule has 0 atom stereocenters. The van der Waals surface area contributed by atoms with Crippen molar-refractivity contribution in [2.75, 3.05) is 24.8 Å². The van der Waals surface area contributed by atoms with E-state index >= 15 is 0 Å². The Labute approximate surface area is 121 Å². The lowest BCUT2D eigenvalue weighted by molar-refractivity contribution is 0.0992. The number of anilines is 2. The summed E-state index contributed by atoms with van der Waals surface area (Å²) in [6, 6.07) is 8.70. The Hall–Kier alpha value is -2.27. The summed E-state index contributed by atoms with van der Waals surface area (Å²) in [5, 5.41) is 0.259. The van der Waals surface area contributed by atoms with E-state index in [0.29, 0.717) is 17.0 Å². The van der Waals surface area contributed by atoms with Gasteiger partial charge < -0.3 is 15.4 Å². The van der Waals surface area contributed by atoms with Crippen molar-refractivity contribution in [2.24, 2.45) is 0 Å². The van der Waals surface area contributed by atoms with Gasteiger partial charge in [-0.25, -0.2) is 4.98 Å². The topological polar surface area (TPSA) is 68.5 Å². The third-order valence-corrected chi connectivity index (χ3v) is 3.16. The van der Waals surface area contributed by atoms with Gasteiger partial charge in [-0.3, -0.25) is 4.79 Å². The number of carbonyl (C=O) groups excluding carboxylic acids is 1. The van der Waals surface area contributed by atoms with Gasteiger partial charge in [0.15, 0.2) is 0 Å². The molecular formula is C14H14ClN3O2. The number of nitrogen functional groups attached to an aromatic ring is 1. The second kappa shape index (κ2) is 5.79. The summed E-state index contributed by atoms with van der Waals surface area (Å²) < 4.78 is 5.14. The van der Waals surface area contributed by atoms with Crippen LogP contribution in [0.1, 0.15) is 10.4 Å². The molecule has 2 N–H and O–H groups in total. The number of rotatable bonds is 3. The Morgan fingerprint density at radius 3 is 2.80 bits per heavy atom.